The van der Waals surface area contributed by atoms with Crippen LogP contribution < -0.4 is 5.32 Å². The Hall–Kier alpha value is -1.19. The monoisotopic (exact) mass is 445 g/mol. The fourth-order valence-corrected chi connectivity index (χ4v) is 4.90. The van der Waals surface area contributed by atoms with Gasteiger partial charge in [-0.15, -0.1) is 11.3 Å². The minimum absolute atomic E-state index is 0.100. The van der Waals surface area contributed by atoms with E-state index in [0.717, 1.165) is 10.4 Å². The van der Waals surface area contributed by atoms with E-state index >= 15 is 0 Å². The number of aromatic nitrogens is 1. The topological polar surface area (TPSA) is 62.3 Å². The summed E-state index contributed by atoms with van der Waals surface area (Å²) in [6.45, 7) is 1.67. The molecule has 0 radical (unpaired) electrons. The average molecular weight is 446 g/mol. The summed E-state index contributed by atoms with van der Waals surface area (Å²) in [7, 11) is 0. The quantitative estimate of drug-likeness (QED) is 0.697. The van der Waals surface area contributed by atoms with Crippen LogP contribution in [0.3, 0.4) is 0 Å². The Morgan fingerprint density at radius 3 is 2.81 bits per heavy atom. The Balaban J connectivity index is 1.59. The number of hydrogen-bond donors (Lipinski definition) is 1. The number of thiocarbonyl (C=S) groups is 1. The normalized spacial score (nSPS) is 17.0. The Labute approximate surface area is 174 Å². The first kappa shape index (κ1) is 19.6. The van der Waals surface area contributed by atoms with Crippen molar-refractivity contribution in [3.05, 3.63) is 44.9 Å². The molecule has 5 nitrogen and oxygen atoms in total. The SMILES string of the molecule is CC1SC(=S)N(CC(=O)Nc2ncc(Cc3ccc(Cl)c(Cl)c3)s2)C1=O. The molecule has 1 aliphatic rings. The average Bonchev–Trinajstić information content (AvgIpc) is 3.10. The lowest BCUT2D eigenvalue weighted by atomic mass is 10.1. The van der Waals surface area contributed by atoms with Gasteiger partial charge in [0.05, 0.1) is 15.3 Å². The van der Waals surface area contributed by atoms with E-state index in [0.29, 0.717) is 25.9 Å². The third-order valence-corrected chi connectivity index (χ3v) is 6.71. The summed E-state index contributed by atoms with van der Waals surface area (Å²) in [6, 6.07) is 5.45. The van der Waals surface area contributed by atoms with Gasteiger partial charge < -0.3 is 5.32 Å². The Morgan fingerprint density at radius 2 is 2.15 bits per heavy atom. The van der Waals surface area contributed by atoms with Gasteiger partial charge in [-0.2, -0.15) is 0 Å². The molecule has 0 saturated carbocycles. The van der Waals surface area contributed by atoms with Crippen molar-refractivity contribution >= 4 is 79.8 Å². The van der Waals surface area contributed by atoms with Gasteiger partial charge in [-0.05, 0) is 24.6 Å². The number of carbonyl (C=O) groups is 2. The number of amides is 2. The molecule has 2 aromatic rings. The smallest absolute Gasteiger partial charge is 0.246 e. The van der Waals surface area contributed by atoms with Gasteiger partial charge in [0.15, 0.2) is 5.13 Å². The molecule has 0 spiro atoms. The minimum atomic E-state index is -0.328. The predicted octanol–water partition coefficient (Wildman–Crippen LogP) is 4.23. The van der Waals surface area contributed by atoms with Crippen molar-refractivity contribution in [3.63, 3.8) is 0 Å². The van der Waals surface area contributed by atoms with Crippen LogP contribution in [0.2, 0.25) is 10.0 Å². The molecule has 3 rings (SSSR count). The first-order chi connectivity index (χ1) is 12.3. The van der Waals surface area contributed by atoms with E-state index in [1.54, 1.807) is 25.3 Å². The second-order valence-electron chi connectivity index (χ2n) is 5.56. The number of rotatable bonds is 5. The maximum atomic E-state index is 12.2. The molecule has 26 heavy (non-hydrogen) atoms. The van der Waals surface area contributed by atoms with Crippen molar-refractivity contribution < 1.29 is 9.59 Å². The van der Waals surface area contributed by atoms with Crippen molar-refractivity contribution in [2.24, 2.45) is 0 Å². The summed E-state index contributed by atoms with van der Waals surface area (Å²) in [5.41, 5.74) is 1.000. The van der Waals surface area contributed by atoms with E-state index in [1.807, 2.05) is 6.07 Å². The Morgan fingerprint density at radius 1 is 1.38 bits per heavy atom. The zero-order chi connectivity index (χ0) is 18.8. The van der Waals surface area contributed by atoms with Gasteiger partial charge in [-0.3, -0.25) is 14.5 Å². The number of thiazole rings is 1. The zero-order valence-electron chi connectivity index (χ0n) is 13.5. The molecule has 1 fully saturated rings. The highest BCUT2D eigenvalue weighted by atomic mass is 35.5. The molecule has 10 heteroatoms. The predicted molar refractivity (Wildman–Crippen MR) is 111 cm³/mol. The van der Waals surface area contributed by atoms with Crippen LogP contribution in [-0.2, 0) is 16.0 Å². The second kappa shape index (κ2) is 8.22. The third-order valence-electron chi connectivity index (χ3n) is 3.58. The van der Waals surface area contributed by atoms with Crippen LogP contribution >= 0.6 is 58.5 Å². The van der Waals surface area contributed by atoms with E-state index in [4.69, 9.17) is 35.4 Å². The summed E-state index contributed by atoms with van der Waals surface area (Å²) >= 11 is 19.7. The van der Waals surface area contributed by atoms with Crippen LogP contribution in [0.4, 0.5) is 5.13 Å². The van der Waals surface area contributed by atoms with Gasteiger partial charge in [-0.25, -0.2) is 4.98 Å². The highest BCUT2D eigenvalue weighted by Gasteiger charge is 2.34. The summed E-state index contributed by atoms with van der Waals surface area (Å²) in [4.78, 5) is 30.6. The van der Waals surface area contributed by atoms with Gasteiger partial charge in [0.2, 0.25) is 11.8 Å². The fraction of sp³-hybridized carbons (Fsp3) is 0.250. The summed E-state index contributed by atoms with van der Waals surface area (Å²) in [5.74, 6) is -0.472. The Kier molecular flexibility index (Phi) is 6.19. The molecular weight excluding hydrogens is 433 g/mol. The fourth-order valence-electron chi connectivity index (χ4n) is 2.32. The highest BCUT2D eigenvalue weighted by molar-refractivity contribution is 8.24. The lowest BCUT2D eigenvalue weighted by Crippen LogP contribution is -2.37. The van der Waals surface area contributed by atoms with E-state index < -0.39 is 0 Å². The van der Waals surface area contributed by atoms with Crippen LogP contribution in [0.15, 0.2) is 24.4 Å². The van der Waals surface area contributed by atoms with Crippen LogP contribution in [0.5, 0.6) is 0 Å². The van der Waals surface area contributed by atoms with Gasteiger partial charge in [0.1, 0.15) is 10.9 Å². The lowest BCUT2D eigenvalue weighted by Gasteiger charge is -2.13. The molecule has 2 heterocycles. The maximum absolute atomic E-state index is 12.2. The van der Waals surface area contributed by atoms with Crippen molar-refractivity contribution in [1.82, 2.24) is 9.88 Å². The summed E-state index contributed by atoms with van der Waals surface area (Å²) in [5, 5.41) is 3.95. The third kappa shape index (κ3) is 4.55. The maximum Gasteiger partial charge on any atom is 0.246 e. The lowest BCUT2D eigenvalue weighted by molar-refractivity contribution is -0.129. The highest BCUT2D eigenvalue weighted by Crippen LogP contribution is 2.28. The number of nitrogens with zero attached hydrogens (tertiary/aromatic N) is 2. The molecule has 1 saturated heterocycles. The molecule has 2 amide bonds. The number of anilines is 1. The van der Waals surface area contributed by atoms with Crippen LogP contribution in [0.1, 0.15) is 17.4 Å². The number of halogens is 2. The first-order valence-electron chi connectivity index (χ1n) is 7.54. The van der Waals surface area contributed by atoms with Crippen molar-refractivity contribution in [3.8, 4) is 0 Å². The number of thioether (sulfide) groups is 1. The molecule has 1 aromatic heterocycles. The summed E-state index contributed by atoms with van der Waals surface area (Å²) in [6.07, 6.45) is 2.33. The van der Waals surface area contributed by atoms with Crippen molar-refractivity contribution in [1.29, 1.82) is 0 Å². The van der Waals surface area contributed by atoms with Gasteiger partial charge in [0.25, 0.3) is 0 Å². The molecule has 0 bridgehead atoms. The van der Waals surface area contributed by atoms with E-state index in [9.17, 15) is 9.59 Å². The summed E-state index contributed by atoms with van der Waals surface area (Å²) < 4.78 is 0.428. The van der Waals surface area contributed by atoms with Crippen LogP contribution in [0, 0.1) is 0 Å². The molecule has 0 aliphatic carbocycles. The molecule has 1 unspecified atom stereocenters. The molecule has 136 valence electrons. The van der Waals surface area contributed by atoms with Crippen molar-refractivity contribution in [2.75, 3.05) is 11.9 Å². The molecule has 1 N–H and O–H groups in total. The number of carbonyl (C=O) groups excluding carboxylic acids is 2. The Bertz CT molecular complexity index is 887. The molecule has 1 aromatic carbocycles. The van der Waals surface area contributed by atoms with Gasteiger partial charge in [-0.1, -0.05) is 53.2 Å². The van der Waals surface area contributed by atoms with Gasteiger partial charge >= 0.3 is 0 Å². The van der Waals surface area contributed by atoms with E-state index in [-0.39, 0.29) is 23.6 Å². The van der Waals surface area contributed by atoms with Crippen LogP contribution in [0.25, 0.3) is 0 Å². The van der Waals surface area contributed by atoms with Gasteiger partial charge in [0, 0.05) is 17.5 Å². The number of benzene rings is 1. The number of hydrogen-bond acceptors (Lipinski definition) is 6. The van der Waals surface area contributed by atoms with Crippen molar-refractivity contribution in [2.45, 2.75) is 18.6 Å². The molecular formula is C16H13Cl2N3O2S3. The second-order valence-corrected chi connectivity index (χ2v) is 9.46. The van der Waals surface area contributed by atoms with Crippen LogP contribution in [-0.4, -0.2) is 37.8 Å². The van der Waals surface area contributed by atoms with E-state index in [1.165, 1.54) is 28.0 Å². The standard InChI is InChI=1S/C16H13Cl2N3O2S3/c1-8-14(23)21(16(24)25-8)7-13(22)20-15-19-6-10(26-15)4-9-2-3-11(17)12(18)5-9/h2-3,5-6,8H,4,7H2,1H3,(H,19,20,22). The number of nitrogens with one attached hydrogen (secondary N) is 1. The minimum Gasteiger partial charge on any atom is -0.300 e. The zero-order valence-corrected chi connectivity index (χ0v) is 17.5. The first-order valence-corrected chi connectivity index (χ1v) is 10.4. The molecule has 1 aliphatic heterocycles. The molecule has 1 atom stereocenters. The largest absolute Gasteiger partial charge is 0.300 e. The van der Waals surface area contributed by atoms with E-state index in [2.05, 4.69) is 10.3 Å².